The number of nitrogens with one attached hydrogen (secondary N) is 2. The van der Waals surface area contributed by atoms with Crippen LogP contribution in [0, 0.1) is 0 Å². The van der Waals surface area contributed by atoms with Crippen LogP contribution in [-0.2, 0) is 4.74 Å². The second-order valence-electron chi connectivity index (χ2n) is 7.19. The molecule has 7 heteroatoms. The highest BCUT2D eigenvalue weighted by Gasteiger charge is 2.17. The highest BCUT2D eigenvalue weighted by molar-refractivity contribution is 9.10. The van der Waals surface area contributed by atoms with E-state index in [4.69, 9.17) is 9.47 Å². The van der Waals surface area contributed by atoms with Gasteiger partial charge in [0.15, 0.2) is 0 Å². The second-order valence-corrected chi connectivity index (χ2v) is 8.04. The molecule has 1 unspecified atom stereocenters. The third-order valence-corrected chi connectivity index (χ3v) is 5.10. The zero-order chi connectivity index (χ0) is 20.8. The van der Waals surface area contributed by atoms with Gasteiger partial charge in [0, 0.05) is 30.0 Å². The summed E-state index contributed by atoms with van der Waals surface area (Å²) >= 11 is 3.44. The van der Waals surface area contributed by atoms with E-state index >= 15 is 0 Å². The third kappa shape index (κ3) is 6.05. The van der Waals surface area contributed by atoms with Gasteiger partial charge in [-0.05, 0) is 85.1 Å². The van der Waals surface area contributed by atoms with Gasteiger partial charge in [-0.25, -0.2) is 0 Å². The summed E-state index contributed by atoms with van der Waals surface area (Å²) in [5.74, 6) is 0.301. The van der Waals surface area contributed by atoms with E-state index in [1.807, 2.05) is 13.8 Å². The van der Waals surface area contributed by atoms with E-state index in [2.05, 4.69) is 26.6 Å². The lowest BCUT2D eigenvalue weighted by molar-refractivity contribution is 0.0857. The van der Waals surface area contributed by atoms with Crippen LogP contribution in [0.1, 0.15) is 47.4 Å². The minimum absolute atomic E-state index is 0.0485. The van der Waals surface area contributed by atoms with Crippen LogP contribution in [0.15, 0.2) is 46.9 Å². The number of benzene rings is 2. The Morgan fingerprint density at radius 2 is 1.86 bits per heavy atom. The van der Waals surface area contributed by atoms with Crippen molar-refractivity contribution >= 4 is 33.4 Å². The lowest BCUT2D eigenvalue weighted by atomic mass is 10.1. The molecule has 2 N–H and O–H groups in total. The third-order valence-electron chi connectivity index (χ3n) is 4.48. The molecular weight excluding hydrogens is 436 g/mol. The molecule has 154 valence electrons. The lowest BCUT2D eigenvalue weighted by Gasteiger charge is -2.13. The van der Waals surface area contributed by atoms with Crippen molar-refractivity contribution in [3.8, 4) is 5.75 Å². The molecule has 6 nitrogen and oxygen atoms in total. The molecule has 1 aliphatic heterocycles. The molecule has 0 aliphatic carbocycles. The number of rotatable bonds is 7. The second kappa shape index (κ2) is 9.89. The molecule has 0 aromatic heterocycles. The summed E-state index contributed by atoms with van der Waals surface area (Å²) in [6, 6.07) is 12.0. The van der Waals surface area contributed by atoms with E-state index in [0.717, 1.165) is 23.9 Å². The number of hydrogen-bond donors (Lipinski definition) is 2. The van der Waals surface area contributed by atoms with Gasteiger partial charge in [-0.1, -0.05) is 0 Å². The summed E-state index contributed by atoms with van der Waals surface area (Å²) < 4.78 is 11.9. The van der Waals surface area contributed by atoms with Crippen molar-refractivity contribution < 1.29 is 19.1 Å². The van der Waals surface area contributed by atoms with Gasteiger partial charge in [-0.2, -0.15) is 0 Å². The summed E-state index contributed by atoms with van der Waals surface area (Å²) in [4.78, 5) is 24.7. The topological polar surface area (TPSA) is 76.7 Å². The van der Waals surface area contributed by atoms with Gasteiger partial charge in [0.25, 0.3) is 11.8 Å². The fourth-order valence-corrected chi connectivity index (χ4v) is 3.49. The minimum Gasteiger partial charge on any atom is -0.490 e. The predicted molar refractivity (Wildman–Crippen MR) is 116 cm³/mol. The van der Waals surface area contributed by atoms with Crippen LogP contribution in [0.5, 0.6) is 5.75 Å². The Balaban J connectivity index is 1.56. The molecular formula is C22H25BrN2O4. The van der Waals surface area contributed by atoms with Crippen LogP contribution >= 0.6 is 15.9 Å². The van der Waals surface area contributed by atoms with E-state index in [1.165, 1.54) is 0 Å². The molecule has 1 fully saturated rings. The van der Waals surface area contributed by atoms with Crippen molar-refractivity contribution in [3.63, 3.8) is 0 Å². The normalized spacial score (nSPS) is 15.9. The maximum absolute atomic E-state index is 12.5. The van der Waals surface area contributed by atoms with Gasteiger partial charge in [0.2, 0.25) is 0 Å². The summed E-state index contributed by atoms with van der Waals surface area (Å²) in [6.07, 6.45) is 2.17. The van der Waals surface area contributed by atoms with Crippen LogP contribution in [0.2, 0.25) is 0 Å². The molecule has 3 rings (SSSR count). The maximum Gasteiger partial charge on any atom is 0.255 e. The highest BCUT2D eigenvalue weighted by Crippen LogP contribution is 2.27. The molecule has 29 heavy (non-hydrogen) atoms. The molecule has 0 bridgehead atoms. The van der Waals surface area contributed by atoms with Gasteiger partial charge in [0.05, 0.1) is 16.7 Å². The van der Waals surface area contributed by atoms with Gasteiger partial charge < -0.3 is 20.1 Å². The summed E-state index contributed by atoms with van der Waals surface area (Å²) in [7, 11) is 0. The summed E-state index contributed by atoms with van der Waals surface area (Å²) in [5, 5.41) is 5.72. The Bertz CT molecular complexity index is 862. The first-order chi connectivity index (χ1) is 13.9. The molecule has 2 amide bonds. The van der Waals surface area contributed by atoms with Gasteiger partial charge in [0.1, 0.15) is 5.75 Å². The largest absolute Gasteiger partial charge is 0.490 e. The smallest absolute Gasteiger partial charge is 0.255 e. The van der Waals surface area contributed by atoms with Gasteiger partial charge >= 0.3 is 0 Å². The van der Waals surface area contributed by atoms with E-state index in [1.54, 1.807) is 42.5 Å². The predicted octanol–water partition coefficient (Wildman–Crippen LogP) is 4.40. The Labute approximate surface area is 179 Å². The monoisotopic (exact) mass is 460 g/mol. The Morgan fingerprint density at radius 1 is 1.14 bits per heavy atom. The zero-order valence-corrected chi connectivity index (χ0v) is 18.1. The molecule has 2 aromatic rings. The first-order valence-corrected chi connectivity index (χ1v) is 10.5. The van der Waals surface area contributed by atoms with Gasteiger partial charge in [-0.3, -0.25) is 9.59 Å². The van der Waals surface area contributed by atoms with Crippen molar-refractivity contribution in [2.75, 3.05) is 18.5 Å². The molecule has 1 saturated heterocycles. The number of carbonyl (C=O) groups excluding carboxylic acids is 2. The number of hydrogen-bond acceptors (Lipinski definition) is 4. The van der Waals surface area contributed by atoms with E-state index in [9.17, 15) is 9.59 Å². The van der Waals surface area contributed by atoms with Crippen molar-refractivity contribution in [1.82, 2.24) is 5.32 Å². The van der Waals surface area contributed by atoms with Crippen LogP contribution < -0.4 is 15.4 Å². The van der Waals surface area contributed by atoms with E-state index in [-0.39, 0.29) is 24.0 Å². The molecule has 0 radical (unpaired) electrons. The fraction of sp³-hybridized carbons (Fsp3) is 0.364. The zero-order valence-electron chi connectivity index (χ0n) is 16.5. The van der Waals surface area contributed by atoms with Crippen molar-refractivity contribution in [3.05, 3.63) is 58.1 Å². The number of ether oxygens (including phenoxy) is 2. The van der Waals surface area contributed by atoms with Crippen LogP contribution in [0.25, 0.3) is 0 Å². The van der Waals surface area contributed by atoms with E-state index < -0.39 is 0 Å². The van der Waals surface area contributed by atoms with Crippen molar-refractivity contribution in [1.29, 1.82) is 0 Å². The lowest BCUT2D eigenvalue weighted by Crippen LogP contribution is -2.31. The first kappa shape index (κ1) is 21.3. The van der Waals surface area contributed by atoms with Crippen LogP contribution in [-0.4, -0.2) is 37.2 Å². The Morgan fingerprint density at radius 3 is 2.48 bits per heavy atom. The van der Waals surface area contributed by atoms with Crippen molar-refractivity contribution in [2.45, 2.75) is 38.9 Å². The average molecular weight is 461 g/mol. The highest BCUT2D eigenvalue weighted by atomic mass is 79.9. The SMILES string of the molecule is CC(C)Oc1ccc(C(=O)Nc2ccc(C(=O)NCC3CCCO3)cc2)cc1Br. The number of halogens is 1. The molecule has 1 atom stereocenters. The van der Waals surface area contributed by atoms with Crippen LogP contribution in [0.4, 0.5) is 5.69 Å². The molecule has 2 aromatic carbocycles. The summed E-state index contributed by atoms with van der Waals surface area (Å²) in [5.41, 5.74) is 1.66. The Kier molecular flexibility index (Phi) is 7.28. The minimum atomic E-state index is -0.239. The van der Waals surface area contributed by atoms with Crippen molar-refractivity contribution in [2.24, 2.45) is 0 Å². The Hall–Kier alpha value is -2.38. The molecule has 1 aliphatic rings. The molecule has 1 heterocycles. The van der Waals surface area contributed by atoms with Crippen LogP contribution in [0.3, 0.4) is 0 Å². The average Bonchev–Trinajstić information content (AvgIpc) is 3.21. The van der Waals surface area contributed by atoms with E-state index in [0.29, 0.717) is 29.1 Å². The standard InChI is InChI=1S/C22H25BrN2O4/c1-14(2)29-20-10-7-16(12-19(20)23)22(27)25-17-8-5-15(6-9-17)21(26)24-13-18-4-3-11-28-18/h5-10,12,14,18H,3-4,11,13H2,1-2H3,(H,24,26)(H,25,27). The van der Waals surface area contributed by atoms with Gasteiger partial charge in [-0.15, -0.1) is 0 Å². The molecule has 0 saturated carbocycles. The maximum atomic E-state index is 12.5. The number of amides is 2. The first-order valence-electron chi connectivity index (χ1n) is 9.70. The number of carbonyl (C=O) groups is 2. The molecule has 0 spiro atoms. The quantitative estimate of drug-likeness (QED) is 0.641. The fourth-order valence-electron chi connectivity index (χ4n) is 3.01. The number of anilines is 1. The summed E-state index contributed by atoms with van der Waals surface area (Å²) in [6.45, 7) is 5.17.